The van der Waals surface area contributed by atoms with E-state index in [1.807, 2.05) is 47.1 Å². The van der Waals surface area contributed by atoms with Gasteiger partial charge in [-0.3, -0.25) is 9.69 Å². The van der Waals surface area contributed by atoms with Crippen LogP contribution in [0.2, 0.25) is 0 Å². The molecule has 1 N–H and O–H groups in total. The van der Waals surface area contributed by atoms with Gasteiger partial charge in [0.25, 0.3) is 0 Å². The second-order valence-electron chi connectivity index (χ2n) is 7.12. The summed E-state index contributed by atoms with van der Waals surface area (Å²) in [6.07, 6.45) is 5.57. The Morgan fingerprint density at radius 1 is 1.17 bits per heavy atom. The summed E-state index contributed by atoms with van der Waals surface area (Å²) in [7, 11) is 0. The second kappa shape index (κ2) is 9.38. The van der Waals surface area contributed by atoms with Crippen molar-refractivity contribution in [2.24, 2.45) is 0 Å². The molecule has 8 nitrogen and oxygen atoms in total. The number of carbonyl (C=O) groups excluding carboxylic acids is 1. The summed E-state index contributed by atoms with van der Waals surface area (Å²) in [4.78, 5) is 14.7. The predicted molar refractivity (Wildman–Crippen MR) is 107 cm³/mol. The van der Waals surface area contributed by atoms with Crippen molar-refractivity contribution < 1.29 is 14.1 Å². The third-order valence-corrected chi connectivity index (χ3v) is 5.06. The van der Waals surface area contributed by atoms with Crippen LogP contribution < -0.4 is 10.1 Å². The third-order valence-electron chi connectivity index (χ3n) is 5.06. The van der Waals surface area contributed by atoms with Gasteiger partial charge in [-0.05, 0) is 25.0 Å². The molecule has 1 amide bonds. The van der Waals surface area contributed by atoms with Crippen LogP contribution in [0.25, 0.3) is 0 Å². The molecule has 3 heterocycles. The fourth-order valence-electron chi connectivity index (χ4n) is 3.56. The van der Waals surface area contributed by atoms with Gasteiger partial charge in [-0.1, -0.05) is 23.4 Å². The summed E-state index contributed by atoms with van der Waals surface area (Å²) < 4.78 is 12.4. The van der Waals surface area contributed by atoms with Crippen LogP contribution in [0.4, 0.5) is 5.82 Å². The number of hydrogen-bond acceptors (Lipinski definition) is 6. The maximum Gasteiger partial charge on any atom is 0.228 e. The van der Waals surface area contributed by atoms with Gasteiger partial charge < -0.3 is 14.6 Å². The van der Waals surface area contributed by atoms with Gasteiger partial charge in [-0.25, -0.2) is 4.68 Å². The van der Waals surface area contributed by atoms with E-state index in [9.17, 15) is 4.79 Å². The van der Waals surface area contributed by atoms with Gasteiger partial charge in [0, 0.05) is 31.8 Å². The number of carbonyl (C=O) groups is 1. The minimum atomic E-state index is -0.0776. The number of rotatable bonds is 8. The molecule has 2 aromatic heterocycles. The normalized spacial score (nSPS) is 15.3. The minimum Gasteiger partial charge on any atom is -0.493 e. The van der Waals surface area contributed by atoms with Crippen molar-refractivity contribution >= 4 is 11.7 Å². The van der Waals surface area contributed by atoms with E-state index in [0.717, 1.165) is 49.7 Å². The van der Waals surface area contributed by atoms with E-state index < -0.39 is 0 Å². The number of aromatic nitrogens is 3. The van der Waals surface area contributed by atoms with E-state index in [1.54, 1.807) is 12.5 Å². The summed E-state index contributed by atoms with van der Waals surface area (Å²) in [5.74, 6) is 1.43. The van der Waals surface area contributed by atoms with Crippen LogP contribution in [0.1, 0.15) is 31.0 Å². The van der Waals surface area contributed by atoms with Crippen molar-refractivity contribution in [2.45, 2.75) is 31.8 Å². The number of ether oxygens (including phenoxy) is 1. The number of amides is 1. The Morgan fingerprint density at radius 2 is 2.00 bits per heavy atom. The lowest BCUT2D eigenvalue weighted by Crippen LogP contribution is -2.35. The summed E-state index contributed by atoms with van der Waals surface area (Å²) in [5.41, 5.74) is 0.952. The van der Waals surface area contributed by atoms with Gasteiger partial charge >= 0.3 is 0 Å². The Morgan fingerprint density at radius 3 is 2.76 bits per heavy atom. The maximum atomic E-state index is 12.3. The molecule has 1 fully saturated rings. The average Bonchev–Trinajstić information content (AvgIpc) is 3.42. The summed E-state index contributed by atoms with van der Waals surface area (Å²) in [5, 5.41) is 11.4. The van der Waals surface area contributed by atoms with Gasteiger partial charge in [0.15, 0.2) is 0 Å². The number of likely N-dealkylation sites (tertiary alicyclic amines) is 1. The summed E-state index contributed by atoms with van der Waals surface area (Å²) in [6.45, 7) is 3.04. The van der Waals surface area contributed by atoms with E-state index in [-0.39, 0.29) is 18.4 Å². The molecule has 0 radical (unpaired) electrons. The number of para-hydroxylation sites is 1. The fraction of sp³-hybridized carbons (Fsp3) is 0.381. The van der Waals surface area contributed by atoms with Gasteiger partial charge in [0.1, 0.15) is 17.8 Å². The molecule has 1 aliphatic heterocycles. The van der Waals surface area contributed by atoms with Crippen LogP contribution in [-0.2, 0) is 11.3 Å². The lowest BCUT2D eigenvalue weighted by atomic mass is 10.1. The van der Waals surface area contributed by atoms with Crippen molar-refractivity contribution in [3.63, 3.8) is 0 Å². The first kappa shape index (κ1) is 19.2. The smallest absolute Gasteiger partial charge is 0.228 e. The SMILES string of the molecule is O=C(CCOc1ccccc1)Nc1ccnn1C1CCN(Cc2ccon2)CC1. The van der Waals surface area contributed by atoms with Crippen LogP contribution in [0, 0.1) is 0 Å². The van der Waals surface area contributed by atoms with E-state index >= 15 is 0 Å². The van der Waals surface area contributed by atoms with Crippen molar-refractivity contribution in [3.8, 4) is 5.75 Å². The van der Waals surface area contributed by atoms with Crippen molar-refractivity contribution in [2.75, 3.05) is 25.0 Å². The molecule has 0 saturated carbocycles. The Labute approximate surface area is 169 Å². The molecular weight excluding hydrogens is 370 g/mol. The fourth-order valence-corrected chi connectivity index (χ4v) is 3.56. The quantitative estimate of drug-likeness (QED) is 0.631. The first-order valence-corrected chi connectivity index (χ1v) is 9.91. The lowest BCUT2D eigenvalue weighted by Gasteiger charge is -2.32. The largest absolute Gasteiger partial charge is 0.493 e. The average molecular weight is 395 g/mol. The highest BCUT2D eigenvalue weighted by atomic mass is 16.5. The minimum absolute atomic E-state index is 0.0776. The van der Waals surface area contributed by atoms with E-state index in [1.165, 1.54) is 0 Å². The topological polar surface area (TPSA) is 85.4 Å². The second-order valence-corrected chi connectivity index (χ2v) is 7.12. The standard InChI is InChI=1S/C21H25N5O3/c27-21(10-14-28-19-4-2-1-3-5-19)23-20-6-11-22-26(20)18-7-12-25(13-8-18)16-17-9-15-29-24-17/h1-6,9,11,15,18H,7-8,10,12-14,16H2,(H,23,27). The zero-order valence-electron chi connectivity index (χ0n) is 16.2. The summed E-state index contributed by atoms with van der Waals surface area (Å²) >= 11 is 0. The Kier molecular flexibility index (Phi) is 6.21. The Hall–Kier alpha value is -3.13. The van der Waals surface area contributed by atoms with Gasteiger partial charge in [0.05, 0.1) is 31.0 Å². The molecule has 3 aromatic rings. The van der Waals surface area contributed by atoms with Gasteiger partial charge in [0.2, 0.25) is 5.91 Å². The van der Waals surface area contributed by atoms with Crippen molar-refractivity contribution in [1.82, 2.24) is 19.8 Å². The maximum absolute atomic E-state index is 12.3. The molecule has 0 spiro atoms. The van der Waals surface area contributed by atoms with Crippen LogP contribution >= 0.6 is 0 Å². The number of piperidine rings is 1. The van der Waals surface area contributed by atoms with E-state index in [0.29, 0.717) is 6.61 Å². The molecule has 1 aromatic carbocycles. The predicted octanol–water partition coefficient (Wildman–Crippen LogP) is 3.12. The lowest BCUT2D eigenvalue weighted by molar-refractivity contribution is -0.116. The number of nitrogens with zero attached hydrogens (tertiary/aromatic N) is 4. The molecule has 4 rings (SSSR count). The summed E-state index contributed by atoms with van der Waals surface area (Å²) in [6, 6.07) is 13.5. The van der Waals surface area contributed by atoms with Crippen LogP contribution in [0.5, 0.6) is 5.75 Å². The molecule has 1 saturated heterocycles. The molecule has 29 heavy (non-hydrogen) atoms. The van der Waals surface area contributed by atoms with Crippen LogP contribution in [0.3, 0.4) is 0 Å². The highest BCUT2D eigenvalue weighted by Gasteiger charge is 2.23. The zero-order valence-corrected chi connectivity index (χ0v) is 16.2. The van der Waals surface area contributed by atoms with Crippen LogP contribution in [0.15, 0.2) is 59.4 Å². The molecule has 8 heteroatoms. The Bertz CT molecular complexity index is 886. The molecule has 0 bridgehead atoms. The zero-order chi connectivity index (χ0) is 19.9. The first-order valence-electron chi connectivity index (χ1n) is 9.91. The van der Waals surface area contributed by atoms with Crippen molar-refractivity contribution in [3.05, 3.63) is 60.6 Å². The molecule has 152 valence electrons. The molecule has 1 aliphatic rings. The number of benzene rings is 1. The van der Waals surface area contributed by atoms with Crippen molar-refractivity contribution in [1.29, 1.82) is 0 Å². The van der Waals surface area contributed by atoms with E-state index in [2.05, 4.69) is 20.5 Å². The first-order chi connectivity index (χ1) is 14.3. The molecular formula is C21H25N5O3. The van der Waals surface area contributed by atoms with E-state index in [4.69, 9.17) is 9.26 Å². The van der Waals surface area contributed by atoms with Gasteiger partial charge in [-0.2, -0.15) is 5.10 Å². The Balaban J connectivity index is 1.24. The van der Waals surface area contributed by atoms with Crippen LogP contribution in [-0.4, -0.2) is 45.4 Å². The number of anilines is 1. The highest BCUT2D eigenvalue weighted by Crippen LogP contribution is 2.26. The highest BCUT2D eigenvalue weighted by molar-refractivity contribution is 5.89. The third kappa shape index (κ3) is 5.23. The number of nitrogens with one attached hydrogen (secondary N) is 1. The van der Waals surface area contributed by atoms with Gasteiger partial charge in [-0.15, -0.1) is 0 Å². The number of hydrogen-bond donors (Lipinski definition) is 1. The monoisotopic (exact) mass is 395 g/mol. The molecule has 0 aliphatic carbocycles. The molecule has 0 unspecified atom stereocenters. The molecule has 0 atom stereocenters.